The van der Waals surface area contributed by atoms with E-state index in [9.17, 15) is 14.7 Å². The van der Waals surface area contributed by atoms with Gasteiger partial charge in [-0.2, -0.15) is 0 Å². The number of methoxy groups -OCH3 is 1. The summed E-state index contributed by atoms with van der Waals surface area (Å²) in [5.74, 6) is -2.17. The fourth-order valence-electron chi connectivity index (χ4n) is 1.69. The molecular formula is C9H10O7. The Kier molecular flexibility index (Phi) is 2.47. The summed E-state index contributed by atoms with van der Waals surface area (Å²) in [4.78, 5) is 22.7. The Bertz CT molecular complexity index is 361. The lowest BCUT2D eigenvalue weighted by atomic mass is 9.95. The van der Waals surface area contributed by atoms with Gasteiger partial charge in [-0.15, -0.1) is 0 Å². The minimum atomic E-state index is -1.91. The van der Waals surface area contributed by atoms with Crippen LogP contribution in [0.1, 0.15) is 0 Å². The van der Waals surface area contributed by atoms with E-state index >= 15 is 0 Å². The number of aliphatic carboxylic acids is 1. The molecule has 2 heterocycles. The molecule has 0 aromatic rings. The van der Waals surface area contributed by atoms with Crippen LogP contribution in [0, 0.1) is 0 Å². The molecule has 1 N–H and O–H groups in total. The standard InChI is InChI=1S/C9H10O7/c1-13-7(10)6-9(8(11)12)5(4-15-6)14-2-3-16-9/h4,6H,2-3H2,1H3,(H,11,12). The van der Waals surface area contributed by atoms with E-state index in [1.54, 1.807) is 0 Å². The third kappa shape index (κ3) is 1.25. The molecule has 0 radical (unpaired) electrons. The molecule has 88 valence electrons. The summed E-state index contributed by atoms with van der Waals surface area (Å²) in [5.41, 5.74) is -1.91. The van der Waals surface area contributed by atoms with Crippen LogP contribution in [0.5, 0.6) is 0 Å². The second-order valence-corrected chi connectivity index (χ2v) is 3.26. The van der Waals surface area contributed by atoms with Crippen molar-refractivity contribution in [3.05, 3.63) is 12.0 Å². The Hall–Kier alpha value is -1.76. The molecule has 16 heavy (non-hydrogen) atoms. The summed E-state index contributed by atoms with van der Waals surface area (Å²) in [7, 11) is 1.14. The molecule has 1 fully saturated rings. The Morgan fingerprint density at radius 1 is 1.56 bits per heavy atom. The highest BCUT2D eigenvalue weighted by molar-refractivity contribution is 5.92. The zero-order valence-corrected chi connectivity index (χ0v) is 8.47. The summed E-state index contributed by atoms with van der Waals surface area (Å²) in [5, 5.41) is 9.18. The van der Waals surface area contributed by atoms with Crippen molar-refractivity contribution in [2.45, 2.75) is 11.7 Å². The predicted molar refractivity (Wildman–Crippen MR) is 47.2 cm³/mol. The van der Waals surface area contributed by atoms with Crippen LogP contribution < -0.4 is 0 Å². The van der Waals surface area contributed by atoms with E-state index in [1.165, 1.54) is 0 Å². The number of carbonyl (C=O) groups is 2. The van der Waals surface area contributed by atoms with Crippen LogP contribution in [-0.2, 0) is 28.5 Å². The smallest absolute Gasteiger partial charge is 0.351 e. The number of rotatable bonds is 2. The number of esters is 1. The number of carboxylic acid groups (broad SMARTS) is 1. The maximum atomic E-state index is 11.4. The molecule has 0 aromatic carbocycles. The van der Waals surface area contributed by atoms with Gasteiger partial charge in [0.15, 0.2) is 5.76 Å². The maximum Gasteiger partial charge on any atom is 0.351 e. The monoisotopic (exact) mass is 230 g/mol. The van der Waals surface area contributed by atoms with E-state index in [-0.39, 0.29) is 19.0 Å². The Morgan fingerprint density at radius 3 is 2.94 bits per heavy atom. The highest BCUT2D eigenvalue weighted by Gasteiger charge is 2.62. The van der Waals surface area contributed by atoms with Crippen molar-refractivity contribution in [2.24, 2.45) is 0 Å². The molecule has 0 amide bonds. The molecule has 7 heteroatoms. The van der Waals surface area contributed by atoms with Crippen LogP contribution in [0.2, 0.25) is 0 Å². The second-order valence-electron chi connectivity index (χ2n) is 3.26. The number of carboxylic acids is 1. The lowest BCUT2D eigenvalue weighted by Crippen LogP contribution is -2.57. The van der Waals surface area contributed by atoms with Gasteiger partial charge in [-0.05, 0) is 0 Å². The van der Waals surface area contributed by atoms with E-state index in [0.717, 1.165) is 13.4 Å². The Labute approximate surface area is 90.5 Å². The topological polar surface area (TPSA) is 91.3 Å². The number of fused-ring (bicyclic) bond motifs is 1. The highest BCUT2D eigenvalue weighted by Crippen LogP contribution is 2.38. The first-order chi connectivity index (χ1) is 7.63. The van der Waals surface area contributed by atoms with Gasteiger partial charge in [0, 0.05) is 0 Å². The van der Waals surface area contributed by atoms with E-state index in [2.05, 4.69) is 4.74 Å². The fraction of sp³-hybridized carbons (Fsp3) is 0.556. The Balaban J connectivity index is 2.38. The fourth-order valence-corrected chi connectivity index (χ4v) is 1.69. The molecule has 0 bridgehead atoms. The molecule has 2 rings (SSSR count). The van der Waals surface area contributed by atoms with Crippen molar-refractivity contribution in [2.75, 3.05) is 20.3 Å². The predicted octanol–water partition coefficient (Wildman–Crippen LogP) is -0.730. The minimum Gasteiger partial charge on any atom is -0.488 e. The van der Waals surface area contributed by atoms with Crippen molar-refractivity contribution in [3.63, 3.8) is 0 Å². The Morgan fingerprint density at radius 2 is 2.31 bits per heavy atom. The largest absolute Gasteiger partial charge is 0.488 e. The number of carbonyl (C=O) groups excluding carboxylic acids is 1. The van der Waals surface area contributed by atoms with Crippen LogP contribution in [-0.4, -0.2) is 49.1 Å². The molecule has 0 spiro atoms. The first-order valence-corrected chi connectivity index (χ1v) is 4.57. The van der Waals surface area contributed by atoms with Crippen LogP contribution in [0.4, 0.5) is 0 Å². The third-order valence-electron chi connectivity index (χ3n) is 2.45. The first kappa shape index (κ1) is 10.7. The van der Waals surface area contributed by atoms with Gasteiger partial charge in [-0.25, -0.2) is 9.59 Å². The van der Waals surface area contributed by atoms with E-state index in [4.69, 9.17) is 14.2 Å². The van der Waals surface area contributed by atoms with Gasteiger partial charge in [0.25, 0.3) is 5.60 Å². The average molecular weight is 230 g/mol. The summed E-state index contributed by atoms with van der Waals surface area (Å²) >= 11 is 0. The van der Waals surface area contributed by atoms with Crippen LogP contribution in [0.3, 0.4) is 0 Å². The lowest BCUT2D eigenvalue weighted by molar-refractivity contribution is -0.197. The van der Waals surface area contributed by atoms with Crippen LogP contribution >= 0.6 is 0 Å². The van der Waals surface area contributed by atoms with Gasteiger partial charge in [-0.1, -0.05) is 0 Å². The van der Waals surface area contributed by atoms with Crippen molar-refractivity contribution < 1.29 is 33.6 Å². The SMILES string of the molecule is COC(=O)C1OC=C2OCCOC21C(=O)O. The van der Waals surface area contributed by atoms with Crippen molar-refractivity contribution >= 4 is 11.9 Å². The van der Waals surface area contributed by atoms with Gasteiger partial charge in [-0.3, -0.25) is 0 Å². The number of hydrogen-bond donors (Lipinski definition) is 1. The normalized spacial score (nSPS) is 31.8. The quantitative estimate of drug-likeness (QED) is 0.625. The van der Waals surface area contributed by atoms with Crippen molar-refractivity contribution in [1.82, 2.24) is 0 Å². The molecule has 2 aliphatic rings. The second kappa shape index (κ2) is 3.67. The van der Waals surface area contributed by atoms with Crippen LogP contribution in [0.25, 0.3) is 0 Å². The van der Waals surface area contributed by atoms with Crippen molar-refractivity contribution in [3.8, 4) is 0 Å². The van der Waals surface area contributed by atoms with E-state index in [1.807, 2.05) is 0 Å². The maximum absolute atomic E-state index is 11.4. The zero-order valence-electron chi connectivity index (χ0n) is 8.47. The number of hydrogen-bond acceptors (Lipinski definition) is 6. The molecule has 0 aromatic heterocycles. The molecule has 0 saturated carbocycles. The van der Waals surface area contributed by atoms with Gasteiger partial charge < -0.3 is 24.1 Å². The summed E-state index contributed by atoms with van der Waals surface area (Å²) in [6, 6.07) is 0. The highest BCUT2D eigenvalue weighted by atomic mass is 16.7. The lowest BCUT2D eigenvalue weighted by Gasteiger charge is -2.33. The molecule has 7 nitrogen and oxygen atoms in total. The number of ether oxygens (including phenoxy) is 4. The van der Waals surface area contributed by atoms with Gasteiger partial charge in [0.1, 0.15) is 12.9 Å². The van der Waals surface area contributed by atoms with Crippen molar-refractivity contribution in [1.29, 1.82) is 0 Å². The van der Waals surface area contributed by atoms with Crippen LogP contribution in [0.15, 0.2) is 12.0 Å². The third-order valence-corrected chi connectivity index (χ3v) is 2.45. The summed E-state index contributed by atoms with van der Waals surface area (Å²) in [6.45, 7) is 0.290. The molecule has 2 unspecified atom stereocenters. The summed E-state index contributed by atoms with van der Waals surface area (Å²) < 4.78 is 19.7. The first-order valence-electron chi connectivity index (χ1n) is 4.57. The molecule has 2 atom stereocenters. The van der Waals surface area contributed by atoms with E-state index in [0.29, 0.717) is 0 Å². The summed E-state index contributed by atoms with van der Waals surface area (Å²) in [6.07, 6.45) is -0.292. The van der Waals surface area contributed by atoms with E-state index < -0.39 is 23.6 Å². The molecule has 0 aliphatic carbocycles. The minimum absolute atomic E-state index is 0.0124. The van der Waals surface area contributed by atoms with Gasteiger partial charge in [0.05, 0.1) is 13.7 Å². The molecule has 2 aliphatic heterocycles. The molecular weight excluding hydrogens is 220 g/mol. The van der Waals surface area contributed by atoms with Gasteiger partial charge in [0.2, 0.25) is 6.10 Å². The zero-order chi connectivity index (χ0) is 11.8. The van der Waals surface area contributed by atoms with Gasteiger partial charge >= 0.3 is 11.9 Å². The average Bonchev–Trinajstić information content (AvgIpc) is 2.68. The molecule has 1 saturated heterocycles.